The van der Waals surface area contributed by atoms with Crippen molar-refractivity contribution in [1.29, 1.82) is 0 Å². The SMILES string of the molecule is CCc1cc([N+](=O)[O-])c(OC)cc1O. The van der Waals surface area contributed by atoms with Crippen molar-refractivity contribution in [3.8, 4) is 11.5 Å². The summed E-state index contributed by atoms with van der Waals surface area (Å²) in [5.74, 6) is 0.0969. The average molecular weight is 197 g/mol. The molecule has 0 amide bonds. The molecule has 0 spiro atoms. The van der Waals surface area contributed by atoms with E-state index in [4.69, 9.17) is 4.74 Å². The number of methoxy groups -OCH3 is 1. The Bertz CT molecular complexity index is 362. The van der Waals surface area contributed by atoms with Crippen LogP contribution in [0.4, 0.5) is 5.69 Å². The summed E-state index contributed by atoms with van der Waals surface area (Å²) in [4.78, 5) is 10.1. The predicted octanol–water partition coefficient (Wildman–Crippen LogP) is 1.87. The van der Waals surface area contributed by atoms with E-state index in [2.05, 4.69) is 0 Å². The Morgan fingerprint density at radius 1 is 1.57 bits per heavy atom. The van der Waals surface area contributed by atoms with E-state index in [1.165, 1.54) is 19.2 Å². The lowest BCUT2D eigenvalue weighted by Crippen LogP contribution is -1.95. The lowest BCUT2D eigenvalue weighted by Gasteiger charge is -2.05. The third-order valence-corrected chi connectivity index (χ3v) is 1.96. The number of nitrogens with zero attached hydrogens (tertiary/aromatic N) is 1. The molecule has 1 aromatic rings. The van der Waals surface area contributed by atoms with Crippen molar-refractivity contribution in [2.75, 3.05) is 7.11 Å². The number of rotatable bonds is 3. The fourth-order valence-electron chi connectivity index (χ4n) is 1.19. The van der Waals surface area contributed by atoms with Gasteiger partial charge < -0.3 is 9.84 Å². The van der Waals surface area contributed by atoms with Crippen LogP contribution in [0.3, 0.4) is 0 Å². The number of aryl methyl sites for hydroxylation is 1. The maximum atomic E-state index is 10.6. The van der Waals surface area contributed by atoms with Crippen LogP contribution in [-0.2, 0) is 6.42 Å². The third kappa shape index (κ3) is 1.76. The average Bonchev–Trinajstić information content (AvgIpc) is 2.16. The quantitative estimate of drug-likeness (QED) is 0.593. The molecule has 0 saturated heterocycles. The van der Waals surface area contributed by atoms with Crippen molar-refractivity contribution in [2.24, 2.45) is 0 Å². The van der Waals surface area contributed by atoms with Crippen LogP contribution >= 0.6 is 0 Å². The van der Waals surface area contributed by atoms with Gasteiger partial charge in [-0.3, -0.25) is 10.1 Å². The van der Waals surface area contributed by atoms with Gasteiger partial charge >= 0.3 is 5.69 Å². The van der Waals surface area contributed by atoms with Crippen molar-refractivity contribution in [3.05, 3.63) is 27.8 Å². The molecule has 76 valence electrons. The smallest absolute Gasteiger partial charge is 0.311 e. The maximum Gasteiger partial charge on any atom is 0.311 e. The molecule has 0 aliphatic carbocycles. The van der Waals surface area contributed by atoms with Gasteiger partial charge in [0.2, 0.25) is 5.75 Å². The molecule has 0 aromatic heterocycles. The Hall–Kier alpha value is -1.78. The second-order valence-electron chi connectivity index (χ2n) is 2.76. The fraction of sp³-hybridized carbons (Fsp3) is 0.333. The van der Waals surface area contributed by atoms with Gasteiger partial charge in [0.05, 0.1) is 12.0 Å². The highest BCUT2D eigenvalue weighted by Crippen LogP contribution is 2.33. The second-order valence-corrected chi connectivity index (χ2v) is 2.76. The van der Waals surface area contributed by atoms with Crippen LogP contribution in [0.5, 0.6) is 11.5 Å². The molecule has 0 fully saturated rings. The zero-order valence-electron chi connectivity index (χ0n) is 7.98. The van der Waals surface area contributed by atoms with E-state index in [-0.39, 0.29) is 17.2 Å². The zero-order valence-corrected chi connectivity index (χ0v) is 7.98. The van der Waals surface area contributed by atoms with E-state index in [1.807, 2.05) is 6.92 Å². The number of hydrogen-bond donors (Lipinski definition) is 1. The molecule has 0 aliphatic heterocycles. The third-order valence-electron chi connectivity index (χ3n) is 1.96. The molecule has 5 nitrogen and oxygen atoms in total. The molecule has 0 aliphatic rings. The van der Waals surface area contributed by atoms with Gasteiger partial charge in [0.15, 0.2) is 0 Å². The molecular formula is C9H11NO4. The van der Waals surface area contributed by atoms with Crippen molar-refractivity contribution in [1.82, 2.24) is 0 Å². The summed E-state index contributed by atoms with van der Waals surface area (Å²) >= 11 is 0. The Morgan fingerprint density at radius 3 is 2.64 bits per heavy atom. The summed E-state index contributed by atoms with van der Waals surface area (Å²) in [5.41, 5.74) is 0.416. The van der Waals surface area contributed by atoms with Gasteiger partial charge in [-0.25, -0.2) is 0 Å². The fourth-order valence-corrected chi connectivity index (χ4v) is 1.19. The highest BCUT2D eigenvalue weighted by Gasteiger charge is 2.17. The Labute approximate surface area is 81.1 Å². The number of ether oxygens (including phenoxy) is 1. The second kappa shape index (κ2) is 3.95. The van der Waals surface area contributed by atoms with Gasteiger partial charge in [0.1, 0.15) is 5.75 Å². The first kappa shape index (κ1) is 10.3. The Balaban J connectivity index is 3.32. The van der Waals surface area contributed by atoms with Crippen LogP contribution in [-0.4, -0.2) is 17.1 Å². The van der Waals surface area contributed by atoms with Crippen molar-refractivity contribution < 1.29 is 14.8 Å². The van der Waals surface area contributed by atoms with Crippen molar-refractivity contribution in [3.63, 3.8) is 0 Å². The number of phenols is 1. The van der Waals surface area contributed by atoms with Gasteiger partial charge in [0, 0.05) is 17.7 Å². The van der Waals surface area contributed by atoms with Gasteiger partial charge in [0.25, 0.3) is 0 Å². The summed E-state index contributed by atoms with van der Waals surface area (Å²) in [5, 5.41) is 20.0. The van der Waals surface area contributed by atoms with E-state index in [9.17, 15) is 15.2 Å². The summed E-state index contributed by atoms with van der Waals surface area (Å²) in [6, 6.07) is 2.59. The monoisotopic (exact) mass is 197 g/mol. The van der Waals surface area contributed by atoms with Crippen LogP contribution in [0, 0.1) is 10.1 Å². The number of nitro benzene ring substituents is 1. The van der Waals surface area contributed by atoms with Crippen LogP contribution < -0.4 is 4.74 Å². The van der Waals surface area contributed by atoms with Crippen LogP contribution in [0.25, 0.3) is 0 Å². The molecule has 0 bridgehead atoms. The van der Waals surface area contributed by atoms with Crippen LogP contribution in [0.1, 0.15) is 12.5 Å². The molecule has 0 heterocycles. The van der Waals surface area contributed by atoms with E-state index in [0.717, 1.165) is 0 Å². The van der Waals surface area contributed by atoms with Crippen LogP contribution in [0.2, 0.25) is 0 Å². The largest absolute Gasteiger partial charge is 0.508 e. The number of benzene rings is 1. The van der Waals surface area contributed by atoms with Crippen molar-refractivity contribution >= 4 is 5.69 Å². The summed E-state index contributed by atoms with van der Waals surface area (Å²) in [6.07, 6.45) is 0.538. The Morgan fingerprint density at radius 2 is 2.21 bits per heavy atom. The van der Waals surface area contributed by atoms with E-state index in [0.29, 0.717) is 12.0 Å². The number of phenolic OH excluding ortho intramolecular Hbond substituents is 1. The molecule has 0 radical (unpaired) electrons. The lowest BCUT2D eigenvalue weighted by molar-refractivity contribution is -0.385. The highest BCUT2D eigenvalue weighted by atomic mass is 16.6. The van der Waals surface area contributed by atoms with E-state index >= 15 is 0 Å². The molecule has 0 unspecified atom stereocenters. The molecule has 1 aromatic carbocycles. The molecular weight excluding hydrogens is 186 g/mol. The molecule has 1 N–H and O–H groups in total. The summed E-state index contributed by atoms with van der Waals surface area (Å²) < 4.78 is 4.79. The van der Waals surface area contributed by atoms with Gasteiger partial charge in [-0.2, -0.15) is 0 Å². The first-order chi connectivity index (χ1) is 6.60. The molecule has 0 atom stereocenters. The van der Waals surface area contributed by atoms with Gasteiger partial charge in [-0.1, -0.05) is 6.92 Å². The van der Waals surface area contributed by atoms with Crippen LogP contribution in [0.15, 0.2) is 12.1 Å². The minimum absolute atomic E-state index is 0.0231. The van der Waals surface area contributed by atoms with E-state index < -0.39 is 4.92 Å². The van der Waals surface area contributed by atoms with Gasteiger partial charge in [-0.05, 0) is 6.42 Å². The zero-order chi connectivity index (χ0) is 10.7. The first-order valence-corrected chi connectivity index (χ1v) is 4.14. The first-order valence-electron chi connectivity index (χ1n) is 4.14. The minimum Gasteiger partial charge on any atom is -0.508 e. The highest BCUT2D eigenvalue weighted by molar-refractivity contribution is 5.54. The maximum absolute atomic E-state index is 10.6. The Kier molecular flexibility index (Phi) is 2.91. The molecule has 1 rings (SSSR count). The van der Waals surface area contributed by atoms with Crippen molar-refractivity contribution in [2.45, 2.75) is 13.3 Å². The van der Waals surface area contributed by atoms with E-state index in [1.54, 1.807) is 0 Å². The normalized spacial score (nSPS) is 9.86. The molecule has 0 saturated carbocycles. The summed E-state index contributed by atoms with van der Waals surface area (Å²) in [7, 11) is 1.33. The minimum atomic E-state index is -0.530. The topological polar surface area (TPSA) is 72.6 Å². The lowest BCUT2D eigenvalue weighted by atomic mass is 10.1. The predicted molar refractivity (Wildman–Crippen MR) is 50.7 cm³/mol. The summed E-state index contributed by atoms with van der Waals surface area (Å²) in [6.45, 7) is 1.81. The number of hydrogen-bond acceptors (Lipinski definition) is 4. The number of aromatic hydroxyl groups is 1. The standard InChI is InChI=1S/C9H11NO4/c1-3-6-4-7(10(12)13)9(14-2)5-8(6)11/h4-5,11H,3H2,1-2H3. The van der Waals surface area contributed by atoms with Gasteiger partial charge in [-0.15, -0.1) is 0 Å². The number of nitro groups is 1. The molecule has 5 heteroatoms. The molecule has 14 heavy (non-hydrogen) atoms.